The Morgan fingerprint density at radius 2 is 2.05 bits per heavy atom. The van der Waals surface area contributed by atoms with Gasteiger partial charge in [0.25, 0.3) is 0 Å². The van der Waals surface area contributed by atoms with Gasteiger partial charge in [0.05, 0.1) is 12.6 Å². The zero-order valence-corrected chi connectivity index (χ0v) is 12.0. The monoisotopic (exact) mass is 261 g/mol. The Bertz CT molecular complexity index is 466. The molecule has 3 nitrogen and oxygen atoms in total. The number of aliphatic hydroxyl groups is 1. The fraction of sp³-hybridized carbons (Fsp3) is 0.562. The summed E-state index contributed by atoms with van der Waals surface area (Å²) < 4.78 is 0. The van der Waals surface area contributed by atoms with Crippen molar-refractivity contribution in [2.24, 2.45) is 0 Å². The second-order valence-corrected chi connectivity index (χ2v) is 5.53. The summed E-state index contributed by atoms with van der Waals surface area (Å²) in [5.41, 5.74) is 3.14. The number of aliphatic hydroxyl groups excluding tert-OH is 1. The van der Waals surface area contributed by atoms with Gasteiger partial charge in [-0.25, -0.2) is 0 Å². The highest BCUT2D eigenvalue weighted by atomic mass is 16.3. The maximum atomic E-state index is 12.5. The van der Waals surface area contributed by atoms with Crippen molar-refractivity contribution in [2.45, 2.75) is 45.7 Å². The quantitative estimate of drug-likeness (QED) is 0.799. The number of benzene rings is 1. The minimum Gasteiger partial charge on any atom is -0.395 e. The van der Waals surface area contributed by atoms with Gasteiger partial charge in [0.2, 0.25) is 0 Å². The van der Waals surface area contributed by atoms with E-state index in [1.807, 2.05) is 32.0 Å². The molecule has 0 saturated heterocycles. The molecule has 1 saturated carbocycles. The number of rotatable bonds is 6. The lowest BCUT2D eigenvalue weighted by Crippen LogP contribution is -2.42. The first kappa shape index (κ1) is 14.2. The first-order valence-corrected chi connectivity index (χ1v) is 7.02. The van der Waals surface area contributed by atoms with Crippen LogP contribution in [-0.4, -0.2) is 41.0 Å². The molecule has 1 aromatic rings. The molecule has 0 aliphatic heterocycles. The van der Waals surface area contributed by atoms with E-state index < -0.39 is 0 Å². The predicted molar refractivity (Wildman–Crippen MR) is 76.5 cm³/mol. The lowest BCUT2D eigenvalue weighted by Gasteiger charge is -2.27. The average molecular weight is 261 g/mol. The van der Waals surface area contributed by atoms with Gasteiger partial charge in [0.15, 0.2) is 5.78 Å². The van der Waals surface area contributed by atoms with Crippen molar-refractivity contribution in [2.75, 3.05) is 13.2 Å². The summed E-state index contributed by atoms with van der Waals surface area (Å²) in [6, 6.07) is 6.21. The van der Waals surface area contributed by atoms with Crippen molar-refractivity contribution < 1.29 is 9.90 Å². The highest BCUT2D eigenvalue weighted by molar-refractivity contribution is 6.00. The maximum Gasteiger partial charge on any atom is 0.179 e. The Balaban J connectivity index is 2.14. The number of carbonyl (C=O) groups is 1. The van der Waals surface area contributed by atoms with Gasteiger partial charge in [-0.15, -0.1) is 0 Å². The molecule has 0 spiro atoms. The predicted octanol–water partition coefficient (Wildman–Crippen LogP) is 2.33. The van der Waals surface area contributed by atoms with E-state index in [2.05, 4.69) is 11.8 Å². The van der Waals surface area contributed by atoms with Gasteiger partial charge < -0.3 is 5.11 Å². The van der Waals surface area contributed by atoms with Gasteiger partial charge in [0, 0.05) is 18.2 Å². The fourth-order valence-electron chi connectivity index (χ4n) is 2.50. The Morgan fingerprint density at radius 1 is 1.37 bits per heavy atom. The van der Waals surface area contributed by atoms with Crippen LogP contribution in [0.15, 0.2) is 18.2 Å². The van der Waals surface area contributed by atoms with Crippen LogP contribution in [0.3, 0.4) is 0 Å². The summed E-state index contributed by atoms with van der Waals surface area (Å²) in [7, 11) is 0. The third-order valence-electron chi connectivity index (χ3n) is 4.04. The highest BCUT2D eigenvalue weighted by Gasteiger charge is 2.34. The minimum atomic E-state index is -0.151. The van der Waals surface area contributed by atoms with Crippen LogP contribution in [0.4, 0.5) is 0 Å². The van der Waals surface area contributed by atoms with Gasteiger partial charge in [0.1, 0.15) is 0 Å². The smallest absolute Gasteiger partial charge is 0.179 e. The first-order valence-electron chi connectivity index (χ1n) is 7.02. The highest BCUT2D eigenvalue weighted by Crippen LogP contribution is 2.29. The summed E-state index contributed by atoms with van der Waals surface area (Å²) in [6.45, 7) is 6.73. The zero-order valence-electron chi connectivity index (χ0n) is 12.0. The first-order chi connectivity index (χ1) is 9.04. The molecule has 1 aromatic carbocycles. The molecule has 0 aromatic heterocycles. The van der Waals surface area contributed by atoms with E-state index in [9.17, 15) is 4.79 Å². The van der Waals surface area contributed by atoms with E-state index >= 15 is 0 Å². The zero-order chi connectivity index (χ0) is 14.0. The number of aryl methyl sites for hydroxylation is 2. The Labute approximate surface area is 115 Å². The molecule has 1 atom stereocenters. The Hall–Kier alpha value is -1.19. The van der Waals surface area contributed by atoms with Crippen LogP contribution in [0.25, 0.3) is 0 Å². The van der Waals surface area contributed by atoms with Crippen molar-refractivity contribution in [3.8, 4) is 0 Å². The van der Waals surface area contributed by atoms with Gasteiger partial charge in [-0.1, -0.05) is 12.1 Å². The topological polar surface area (TPSA) is 40.5 Å². The van der Waals surface area contributed by atoms with Crippen LogP contribution in [0.2, 0.25) is 0 Å². The van der Waals surface area contributed by atoms with Gasteiger partial charge in [-0.3, -0.25) is 9.69 Å². The molecular weight excluding hydrogens is 238 g/mol. The molecule has 3 heteroatoms. The van der Waals surface area contributed by atoms with Crippen molar-refractivity contribution in [1.82, 2.24) is 4.90 Å². The lowest BCUT2D eigenvalue weighted by molar-refractivity contribution is 0.0792. The number of ketones is 1. The van der Waals surface area contributed by atoms with Crippen molar-refractivity contribution >= 4 is 5.78 Å². The molecular formula is C16H23NO2. The standard InChI is InChI=1S/C16H23NO2/c1-11-4-5-14(10-12(11)2)16(19)13(3)17(8-9-18)15-6-7-15/h4-5,10,13,15,18H,6-9H2,1-3H3. The summed E-state index contributed by atoms with van der Waals surface area (Å²) in [5, 5.41) is 9.14. The van der Waals surface area contributed by atoms with Crippen molar-refractivity contribution in [3.63, 3.8) is 0 Å². The molecule has 0 heterocycles. The number of carbonyl (C=O) groups excluding carboxylic acids is 1. The van der Waals surface area contributed by atoms with E-state index in [0.29, 0.717) is 12.6 Å². The maximum absolute atomic E-state index is 12.5. The molecule has 19 heavy (non-hydrogen) atoms. The van der Waals surface area contributed by atoms with E-state index in [4.69, 9.17) is 5.11 Å². The van der Waals surface area contributed by atoms with E-state index in [1.54, 1.807) is 0 Å². The number of hydrogen-bond acceptors (Lipinski definition) is 3. The van der Waals surface area contributed by atoms with Crippen LogP contribution < -0.4 is 0 Å². The van der Waals surface area contributed by atoms with Gasteiger partial charge >= 0.3 is 0 Å². The normalized spacial score (nSPS) is 16.7. The average Bonchev–Trinajstić information content (AvgIpc) is 3.22. The summed E-state index contributed by atoms with van der Waals surface area (Å²) in [6.07, 6.45) is 2.29. The molecule has 104 valence electrons. The molecule has 1 fully saturated rings. The Kier molecular flexibility index (Phi) is 4.38. The van der Waals surface area contributed by atoms with Gasteiger partial charge in [-0.05, 0) is 50.8 Å². The van der Waals surface area contributed by atoms with Crippen LogP contribution in [0.1, 0.15) is 41.3 Å². The molecule has 0 amide bonds. The summed E-state index contributed by atoms with van der Waals surface area (Å²) >= 11 is 0. The number of Topliss-reactive ketones (excluding diaryl/α,β-unsaturated/α-hetero) is 1. The Morgan fingerprint density at radius 3 is 2.58 bits per heavy atom. The SMILES string of the molecule is Cc1ccc(C(=O)C(C)N(CCO)C2CC2)cc1C. The molecule has 0 radical (unpaired) electrons. The third-order valence-corrected chi connectivity index (χ3v) is 4.04. The molecule has 1 aliphatic carbocycles. The van der Waals surface area contributed by atoms with Crippen molar-refractivity contribution in [3.05, 3.63) is 34.9 Å². The van der Waals surface area contributed by atoms with Gasteiger partial charge in [-0.2, -0.15) is 0 Å². The van der Waals surface area contributed by atoms with E-state index in [1.165, 1.54) is 5.56 Å². The summed E-state index contributed by atoms with van der Waals surface area (Å²) in [5.74, 6) is 0.156. The number of nitrogens with zero attached hydrogens (tertiary/aromatic N) is 1. The fourth-order valence-corrected chi connectivity index (χ4v) is 2.50. The van der Waals surface area contributed by atoms with Crippen molar-refractivity contribution in [1.29, 1.82) is 0 Å². The second kappa shape index (κ2) is 5.85. The second-order valence-electron chi connectivity index (χ2n) is 5.53. The van der Waals surface area contributed by atoms with E-state index in [-0.39, 0.29) is 18.4 Å². The van der Waals surface area contributed by atoms with E-state index in [0.717, 1.165) is 24.0 Å². The lowest BCUT2D eigenvalue weighted by atomic mass is 9.99. The van der Waals surface area contributed by atoms with Crippen LogP contribution in [0.5, 0.6) is 0 Å². The molecule has 1 unspecified atom stereocenters. The van der Waals surface area contributed by atoms with Crippen LogP contribution >= 0.6 is 0 Å². The molecule has 1 aliphatic rings. The third kappa shape index (κ3) is 3.23. The summed E-state index contributed by atoms with van der Waals surface area (Å²) in [4.78, 5) is 14.7. The number of hydrogen-bond donors (Lipinski definition) is 1. The molecule has 0 bridgehead atoms. The van der Waals surface area contributed by atoms with Crippen LogP contribution in [0, 0.1) is 13.8 Å². The minimum absolute atomic E-state index is 0.112. The largest absolute Gasteiger partial charge is 0.395 e. The molecule has 1 N–H and O–H groups in total. The molecule has 2 rings (SSSR count). The van der Waals surface area contributed by atoms with Crippen LogP contribution in [-0.2, 0) is 0 Å².